The number of nitrogens with one attached hydrogen (secondary N) is 1. The van der Waals surface area contributed by atoms with E-state index < -0.39 is 8.32 Å². The zero-order valence-electron chi connectivity index (χ0n) is 26.4. The summed E-state index contributed by atoms with van der Waals surface area (Å²) in [5, 5.41) is 3.16. The van der Waals surface area contributed by atoms with Crippen LogP contribution in [0.4, 0.5) is 11.4 Å². The normalized spacial score (nSPS) is 15.1. The SMILES string of the molecule is COc1cccc(N(CCO[Si](C)(C)C(C)(C)C)c2ccc3ncc(C(=O)NCCCN4CCN(C)CC4)nc3c2)c1. The van der Waals surface area contributed by atoms with Gasteiger partial charge in [-0.2, -0.15) is 0 Å². The van der Waals surface area contributed by atoms with E-state index in [-0.39, 0.29) is 10.9 Å². The van der Waals surface area contributed by atoms with E-state index in [1.54, 1.807) is 13.3 Å². The molecule has 1 aliphatic heterocycles. The number of carbonyl (C=O) groups excluding carboxylic acids is 1. The second kappa shape index (κ2) is 13.9. The first-order chi connectivity index (χ1) is 20.0. The van der Waals surface area contributed by atoms with Gasteiger partial charge in [0.05, 0.1) is 30.9 Å². The Labute approximate surface area is 252 Å². The molecule has 4 rings (SSSR count). The maximum absolute atomic E-state index is 12.9. The molecule has 3 aromatic rings. The first-order valence-electron chi connectivity index (χ1n) is 15.0. The van der Waals surface area contributed by atoms with Crippen LogP contribution in [0.3, 0.4) is 0 Å². The van der Waals surface area contributed by atoms with Gasteiger partial charge in [-0.15, -0.1) is 0 Å². The summed E-state index contributed by atoms with van der Waals surface area (Å²) < 4.78 is 12.0. The molecule has 0 radical (unpaired) electrons. The van der Waals surface area contributed by atoms with Crippen LogP contribution in [-0.4, -0.2) is 101 Å². The number of methoxy groups -OCH3 is 1. The van der Waals surface area contributed by atoms with Crippen LogP contribution < -0.4 is 15.0 Å². The van der Waals surface area contributed by atoms with Crippen molar-refractivity contribution in [3.05, 3.63) is 54.4 Å². The summed E-state index contributed by atoms with van der Waals surface area (Å²) in [6.45, 7) is 18.5. The van der Waals surface area contributed by atoms with Gasteiger partial charge in [-0.05, 0) is 68.5 Å². The molecule has 0 atom stereocenters. The van der Waals surface area contributed by atoms with Gasteiger partial charge in [0.1, 0.15) is 11.4 Å². The summed E-state index contributed by atoms with van der Waals surface area (Å²) in [5.41, 5.74) is 3.70. The Bertz CT molecular complexity index is 1340. The molecule has 2 aromatic carbocycles. The molecule has 10 heteroatoms. The van der Waals surface area contributed by atoms with Gasteiger partial charge in [0.15, 0.2) is 8.32 Å². The molecule has 1 saturated heterocycles. The Balaban J connectivity index is 1.48. The van der Waals surface area contributed by atoms with E-state index in [1.165, 1.54) is 0 Å². The molecular formula is C32H48N6O3Si. The quantitative estimate of drug-likeness (QED) is 0.228. The highest BCUT2D eigenvalue weighted by molar-refractivity contribution is 6.74. The number of hydrogen-bond acceptors (Lipinski definition) is 8. The molecule has 2 heterocycles. The lowest BCUT2D eigenvalue weighted by molar-refractivity contribution is 0.0944. The maximum Gasteiger partial charge on any atom is 0.271 e. The molecule has 42 heavy (non-hydrogen) atoms. The minimum absolute atomic E-state index is 0.133. The van der Waals surface area contributed by atoms with Crippen molar-refractivity contribution < 1.29 is 14.0 Å². The highest BCUT2D eigenvalue weighted by Gasteiger charge is 2.37. The van der Waals surface area contributed by atoms with Crippen LogP contribution >= 0.6 is 0 Å². The van der Waals surface area contributed by atoms with Crippen LogP contribution in [0.2, 0.25) is 18.1 Å². The van der Waals surface area contributed by atoms with Gasteiger partial charge >= 0.3 is 0 Å². The van der Waals surface area contributed by atoms with Crippen LogP contribution in [0.1, 0.15) is 37.7 Å². The zero-order valence-corrected chi connectivity index (χ0v) is 27.4. The van der Waals surface area contributed by atoms with E-state index in [1.807, 2.05) is 36.4 Å². The number of rotatable bonds is 12. The Hall–Kier alpha value is -3.05. The summed E-state index contributed by atoms with van der Waals surface area (Å²) in [4.78, 5) is 29.2. The number of fused-ring (bicyclic) bond motifs is 1. The number of nitrogens with zero attached hydrogens (tertiary/aromatic N) is 5. The van der Waals surface area contributed by atoms with E-state index in [0.29, 0.717) is 30.9 Å². The number of carbonyl (C=O) groups is 1. The van der Waals surface area contributed by atoms with Crippen molar-refractivity contribution >= 4 is 36.6 Å². The minimum atomic E-state index is -1.90. The van der Waals surface area contributed by atoms with Crippen LogP contribution in [0, 0.1) is 0 Å². The molecule has 0 spiro atoms. The second-order valence-corrected chi connectivity index (χ2v) is 17.5. The third kappa shape index (κ3) is 8.28. The Morgan fingerprint density at radius 1 is 1.05 bits per heavy atom. The summed E-state index contributed by atoms with van der Waals surface area (Å²) in [5.74, 6) is 0.593. The first kappa shape index (κ1) is 31.9. The van der Waals surface area contributed by atoms with Gasteiger partial charge < -0.3 is 29.2 Å². The highest BCUT2D eigenvalue weighted by Crippen LogP contribution is 2.37. The first-order valence-corrected chi connectivity index (χ1v) is 17.9. The van der Waals surface area contributed by atoms with Crippen LogP contribution in [0.25, 0.3) is 11.0 Å². The molecule has 1 N–H and O–H groups in total. The fourth-order valence-corrected chi connectivity index (χ4v) is 5.77. The minimum Gasteiger partial charge on any atom is -0.497 e. The third-order valence-electron chi connectivity index (χ3n) is 8.55. The average Bonchev–Trinajstić information content (AvgIpc) is 2.97. The Morgan fingerprint density at radius 3 is 2.50 bits per heavy atom. The van der Waals surface area contributed by atoms with Crippen molar-refractivity contribution in [3.63, 3.8) is 0 Å². The number of anilines is 2. The number of benzene rings is 2. The summed E-state index contributed by atoms with van der Waals surface area (Å²) in [6.07, 6.45) is 2.47. The molecule has 1 amide bonds. The molecule has 0 saturated carbocycles. The fraction of sp³-hybridized carbons (Fsp3) is 0.531. The largest absolute Gasteiger partial charge is 0.497 e. The summed E-state index contributed by atoms with van der Waals surface area (Å²) in [6, 6.07) is 14.0. The number of likely N-dealkylation sites (N-methyl/N-ethyl adjacent to an activating group) is 1. The van der Waals surface area contributed by atoms with Crippen molar-refractivity contribution in [1.29, 1.82) is 0 Å². The predicted octanol–water partition coefficient (Wildman–Crippen LogP) is 5.17. The van der Waals surface area contributed by atoms with E-state index in [4.69, 9.17) is 14.1 Å². The smallest absolute Gasteiger partial charge is 0.271 e. The molecule has 1 aromatic heterocycles. The lowest BCUT2D eigenvalue weighted by Crippen LogP contribution is -2.45. The van der Waals surface area contributed by atoms with Crippen LogP contribution in [0.15, 0.2) is 48.7 Å². The number of amides is 1. The zero-order chi connectivity index (χ0) is 30.3. The number of aromatic nitrogens is 2. The molecule has 1 aliphatic rings. The molecular weight excluding hydrogens is 544 g/mol. The van der Waals surface area contributed by atoms with Crippen LogP contribution in [-0.2, 0) is 4.43 Å². The van der Waals surface area contributed by atoms with Gasteiger partial charge in [0.25, 0.3) is 5.91 Å². The van der Waals surface area contributed by atoms with Gasteiger partial charge in [-0.1, -0.05) is 26.8 Å². The molecule has 0 unspecified atom stereocenters. The van der Waals surface area contributed by atoms with Gasteiger partial charge in [-0.25, -0.2) is 4.98 Å². The molecule has 0 aliphatic carbocycles. The monoisotopic (exact) mass is 592 g/mol. The van der Waals surface area contributed by atoms with Crippen molar-refractivity contribution in [1.82, 2.24) is 25.1 Å². The lowest BCUT2D eigenvalue weighted by Gasteiger charge is -2.37. The van der Waals surface area contributed by atoms with E-state index >= 15 is 0 Å². The predicted molar refractivity (Wildman–Crippen MR) is 174 cm³/mol. The number of piperazine rings is 1. The van der Waals surface area contributed by atoms with Crippen molar-refractivity contribution in [2.45, 2.75) is 45.3 Å². The van der Waals surface area contributed by atoms with E-state index in [2.05, 4.69) is 72.0 Å². The standard InChI is InChI=1S/C32H48N6O3Si/c1-32(2,3)42(6,7)41-21-20-38(25-10-8-11-27(22-25)40-5)26-12-13-28-29(23-26)35-30(24-34-28)31(39)33-14-9-15-37-18-16-36(4)17-19-37/h8,10-13,22-24H,9,14-21H2,1-7H3,(H,33,39). The number of ether oxygens (including phenoxy) is 1. The summed E-state index contributed by atoms with van der Waals surface area (Å²) in [7, 11) is 1.93. The highest BCUT2D eigenvalue weighted by atomic mass is 28.4. The second-order valence-electron chi connectivity index (χ2n) is 12.6. The maximum atomic E-state index is 12.9. The van der Waals surface area contributed by atoms with E-state index in [9.17, 15) is 4.79 Å². The fourth-order valence-electron chi connectivity index (χ4n) is 4.74. The molecule has 0 bridgehead atoms. The van der Waals surface area contributed by atoms with Crippen molar-refractivity contribution in [2.75, 3.05) is 71.5 Å². The molecule has 1 fully saturated rings. The number of hydrogen-bond donors (Lipinski definition) is 1. The van der Waals surface area contributed by atoms with Gasteiger partial charge in [-0.3, -0.25) is 9.78 Å². The van der Waals surface area contributed by atoms with Gasteiger partial charge in [0, 0.05) is 56.7 Å². The molecule has 9 nitrogen and oxygen atoms in total. The summed E-state index contributed by atoms with van der Waals surface area (Å²) >= 11 is 0. The van der Waals surface area contributed by atoms with Crippen molar-refractivity contribution in [3.8, 4) is 5.75 Å². The average molecular weight is 593 g/mol. The topological polar surface area (TPSA) is 83.1 Å². The van der Waals surface area contributed by atoms with Gasteiger partial charge in [0.2, 0.25) is 0 Å². The Morgan fingerprint density at radius 2 is 1.79 bits per heavy atom. The lowest BCUT2D eigenvalue weighted by atomic mass is 10.2. The van der Waals surface area contributed by atoms with Crippen LogP contribution in [0.5, 0.6) is 5.75 Å². The van der Waals surface area contributed by atoms with E-state index in [0.717, 1.165) is 61.8 Å². The third-order valence-corrected chi connectivity index (χ3v) is 13.1. The molecule has 228 valence electrons. The Kier molecular flexibility index (Phi) is 10.6. The van der Waals surface area contributed by atoms with Crippen molar-refractivity contribution in [2.24, 2.45) is 0 Å².